The van der Waals surface area contributed by atoms with Crippen molar-refractivity contribution in [3.63, 3.8) is 0 Å². The molecule has 96 valence electrons. The van der Waals surface area contributed by atoms with E-state index in [2.05, 4.69) is 15.4 Å². The average molecular weight is 246 g/mol. The van der Waals surface area contributed by atoms with Gasteiger partial charge in [0.05, 0.1) is 17.5 Å². The van der Waals surface area contributed by atoms with Gasteiger partial charge in [0, 0.05) is 19.3 Å². The summed E-state index contributed by atoms with van der Waals surface area (Å²) in [4.78, 5) is 4.22. The van der Waals surface area contributed by atoms with Gasteiger partial charge in [-0.05, 0) is 33.0 Å². The molecule has 0 saturated carbocycles. The Bertz CT molecular complexity index is 531. The maximum Gasteiger partial charge on any atom is 0.222 e. The van der Waals surface area contributed by atoms with Gasteiger partial charge in [0.1, 0.15) is 5.75 Å². The van der Waals surface area contributed by atoms with Crippen molar-refractivity contribution in [1.29, 1.82) is 0 Å². The Hall–Kier alpha value is -1.88. The van der Waals surface area contributed by atoms with E-state index in [0.29, 0.717) is 0 Å². The summed E-state index contributed by atoms with van der Waals surface area (Å²) in [6, 6.07) is 3.84. The fraction of sp³-hybridized carbons (Fsp3) is 0.385. The summed E-state index contributed by atoms with van der Waals surface area (Å²) in [5.74, 6) is 1.48. The van der Waals surface area contributed by atoms with E-state index in [-0.39, 0.29) is 0 Å². The van der Waals surface area contributed by atoms with Gasteiger partial charge in [-0.2, -0.15) is 5.10 Å². The van der Waals surface area contributed by atoms with Gasteiger partial charge in [-0.3, -0.25) is 4.98 Å². The number of nitrogens with one attached hydrogen (secondary N) is 1. The number of pyridine rings is 1. The summed E-state index contributed by atoms with van der Waals surface area (Å²) in [6.07, 6.45) is 1.72. The predicted molar refractivity (Wildman–Crippen MR) is 69.8 cm³/mol. The molecule has 0 radical (unpaired) electrons. The fourth-order valence-electron chi connectivity index (χ4n) is 1.82. The number of rotatable bonds is 4. The maximum atomic E-state index is 5.87. The van der Waals surface area contributed by atoms with Crippen molar-refractivity contribution in [2.45, 2.75) is 20.4 Å². The quantitative estimate of drug-likeness (QED) is 0.895. The lowest BCUT2D eigenvalue weighted by Crippen LogP contribution is -2.07. The molecule has 2 aromatic heterocycles. The topological polar surface area (TPSA) is 52.0 Å². The summed E-state index contributed by atoms with van der Waals surface area (Å²) in [5.41, 5.74) is 3.02. The Morgan fingerprint density at radius 1 is 1.33 bits per heavy atom. The number of hydrogen-bond donors (Lipinski definition) is 1. The second kappa shape index (κ2) is 5.18. The number of nitrogens with zero attached hydrogens (tertiary/aromatic N) is 3. The third-order valence-corrected chi connectivity index (χ3v) is 2.74. The molecule has 0 fully saturated rings. The monoisotopic (exact) mass is 246 g/mol. The Morgan fingerprint density at radius 3 is 2.72 bits per heavy atom. The SMILES string of the molecule is CNCc1c(C)nn(C)c1Oc1ccc(C)nc1. The summed E-state index contributed by atoms with van der Waals surface area (Å²) in [5, 5.41) is 7.50. The highest BCUT2D eigenvalue weighted by Crippen LogP contribution is 2.26. The molecule has 0 aromatic carbocycles. The molecule has 5 heteroatoms. The zero-order valence-electron chi connectivity index (χ0n) is 11.2. The molecule has 0 aliphatic rings. The van der Waals surface area contributed by atoms with Crippen molar-refractivity contribution in [3.8, 4) is 11.6 Å². The van der Waals surface area contributed by atoms with Crippen molar-refractivity contribution >= 4 is 0 Å². The number of hydrogen-bond acceptors (Lipinski definition) is 4. The third kappa shape index (κ3) is 2.51. The molecule has 0 atom stereocenters. The van der Waals surface area contributed by atoms with Crippen molar-refractivity contribution < 1.29 is 4.74 Å². The van der Waals surface area contributed by atoms with Crippen molar-refractivity contribution in [2.24, 2.45) is 7.05 Å². The zero-order valence-corrected chi connectivity index (χ0v) is 11.2. The number of aromatic nitrogens is 3. The standard InChI is InChI=1S/C13H18N4O/c1-9-5-6-11(7-15-9)18-13-12(8-14-3)10(2)16-17(13)4/h5-7,14H,8H2,1-4H3. The molecule has 0 amide bonds. The van der Waals surface area contributed by atoms with E-state index < -0.39 is 0 Å². The summed E-state index contributed by atoms with van der Waals surface area (Å²) < 4.78 is 7.62. The summed E-state index contributed by atoms with van der Waals surface area (Å²) >= 11 is 0. The van der Waals surface area contributed by atoms with E-state index >= 15 is 0 Å². The first kappa shape index (κ1) is 12.6. The largest absolute Gasteiger partial charge is 0.437 e. The third-order valence-electron chi connectivity index (χ3n) is 2.74. The Labute approximate surface area is 107 Å². The van der Waals surface area contributed by atoms with Gasteiger partial charge in [0.2, 0.25) is 5.88 Å². The number of aryl methyl sites for hydroxylation is 3. The molecule has 0 aliphatic carbocycles. The van der Waals surface area contributed by atoms with Gasteiger partial charge >= 0.3 is 0 Å². The summed E-state index contributed by atoms with van der Waals surface area (Å²) in [7, 11) is 3.78. The van der Waals surface area contributed by atoms with Crippen LogP contribution in [0.5, 0.6) is 11.6 Å². The Balaban J connectivity index is 2.30. The van der Waals surface area contributed by atoms with E-state index in [1.165, 1.54) is 0 Å². The molecule has 0 unspecified atom stereocenters. The van der Waals surface area contributed by atoms with Crippen LogP contribution in [0.15, 0.2) is 18.3 Å². The minimum atomic E-state index is 0.723. The van der Waals surface area contributed by atoms with Gasteiger partial charge in [-0.15, -0.1) is 0 Å². The first-order valence-electron chi connectivity index (χ1n) is 5.89. The van der Waals surface area contributed by atoms with Crippen LogP contribution in [0.1, 0.15) is 17.0 Å². The van der Waals surface area contributed by atoms with E-state index in [4.69, 9.17) is 4.74 Å². The Kier molecular flexibility index (Phi) is 3.62. The first-order valence-corrected chi connectivity index (χ1v) is 5.89. The Morgan fingerprint density at radius 2 is 2.11 bits per heavy atom. The first-order chi connectivity index (χ1) is 8.61. The smallest absolute Gasteiger partial charge is 0.222 e. The average Bonchev–Trinajstić information content (AvgIpc) is 2.59. The lowest BCUT2D eigenvalue weighted by Gasteiger charge is -2.08. The molecule has 2 aromatic rings. The molecule has 0 aliphatic heterocycles. The minimum Gasteiger partial charge on any atom is -0.437 e. The van der Waals surface area contributed by atoms with E-state index in [1.54, 1.807) is 10.9 Å². The predicted octanol–water partition coefficient (Wildman–Crippen LogP) is 1.94. The van der Waals surface area contributed by atoms with Crippen LogP contribution in [0, 0.1) is 13.8 Å². The normalized spacial score (nSPS) is 10.7. The van der Waals surface area contributed by atoms with E-state index in [9.17, 15) is 0 Å². The van der Waals surface area contributed by atoms with Gasteiger partial charge in [-0.1, -0.05) is 0 Å². The molecular formula is C13H18N4O. The van der Waals surface area contributed by atoms with Crippen LogP contribution in [0.4, 0.5) is 0 Å². The highest BCUT2D eigenvalue weighted by Gasteiger charge is 2.14. The molecular weight excluding hydrogens is 228 g/mol. The minimum absolute atomic E-state index is 0.723. The van der Waals surface area contributed by atoms with Crippen molar-refractivity contribution in [1.82, 2.24) is 20.1 Å². The second-order valence-electron chi connectivity index (χ2n) is 4.26. The second-order valence-corrected chi connectivity index (χ2v) is 4.26. The maximum absolute atomic E-state index is 5.87. The molecule has 2 rings (SSSR count). The highest BCUT2D eigenvalue weighted by molar-refractivity contribution is 5.35. The van der Waals surface area contributed by atoms with Crippen LogP contribution in [0.2, 0.25) is 0 Å². The van der Waals surface area contributed by atoms with Crippen LogP contribution in [-0.4, -0.2) is 21.8 Å². The van der Waals surface area contributed by atoms with Gasteiger partial charge < -0.3 is 10.1 Å². The van der Waals surface area contributed by atoms with E-state index in [0.717, 1.165) is 35.1 Å². The molecule has 1 N–H and O–H groups in total. The fourth-order valence-corrected chi connectivity index (χ4v) is 1.82. The molecule has 18 heavy (non-hydrogen) atoms. The van der Waals surface area contributed by atoms with Crippen molar-refractivity contribution in [3.05, 3.63) is 35.3 Å². The van der Waals surface area contributed by atoms with Crippen LogP contribution >= 0.6 is 0 Å². The molecule has 5 nitrogen and oxygen atoms in total. The van der Waals surface area contributed by atoms with Gasteiger partial charge in [0.25, 0.3) is 0 Å². The molecule has 0 saturated heterocycles. The summed E-state index contributed by atoms with van der Waals surface area (Å²) in [6.45, 7) is 4.66. The van der Waals surface area contributed by atoms with Gasteiger partial charge in [-0.25, -0.2) is 4.68 Å². The lowest BCUT2D eigenvalue weighted by atomic mass is 10.2. The van der Waals surface area contributed by atoms with Gasteiger partial charge in [0.15, 0.2) is 0 Å². The lowest BCUT2D eigenvalue weighted by molar-refractivity contribution is 0.423. The molecule has 0 spiro atoms. The van der Waals surface area contributed by atoms with Crippen LogP contribution in [0.25, 0.3) is 0 Å². The van der Waals surface area contributed by atoms with Crippen LogP contribution < -0.4 is 10.1 Å². The molecule has 2 heterocycles. The highest BCUT2D eigenvalue weighted by atomic mass is 16.5. The molecule has 0 bridgehead atoms. The number of ether oxygens (including phenoxy) is 1. The van der Waals surface area contributed by atoms with Crippen molar-refractivity contribution in [2.75, 3.05) is 7.05 Å². The zero-order chi connectivity index (χ0) is 13.1. The van der Waals surface area contributed by atoms with Crippen LogP contribution in [0.3, 0.4) is 0 Å². The van der Waals surface area contributed by atoms with Crippen LogP contribution in [-0.2, 0) is 13.6 Å². The van der Waals surface area contributed by atoms with E-state index in [1.807, 2.05) is 40.1 Å².